The van der Waals surface area contributed by atoms with Gasteiger partial charge in [-0.05, 0) is 67.4 Å². The van der Waals surface area contributed by atoms with Crippen molar-refractivity contribution >= 4 is 28.3 Å². The average molecular weight is 569 g/mol. The van der Waals surface area contributed by atoms with Crippen molar-refractivity contribution in [3.8, 4) is 11.5 Å². The van der Waals surface area contributed by atoms with Crippen molar-refractivity contribution in [1.82, 2.24) is 25.2 Å². The van der Waals surface area contributed by atoms with Crippen LogP contribution in [0.5, 0.6) is 11.5 Å². The Hall–Kier alpha value is -4.38. The molecular weight excluding hydrogens is 547 g/mol. The predicted octanol–water partition coefficient (Wildman–Crippen LogP) is 6.45. The van der Waals surface area contributed by atoms with Gasteiger partial charge in [0.25, 0.3) is 0 Å². The van der Waals surface area contributed by atoms with E-state index in [-0.39, 0.29) is 18.1 Å². The first kappa shape index (κ1) is 27.2. The number of nitrogens with zero attached hydrogens (tertiary/aromatic N) is 5. The van der Waals surface area contributed by atoms with Crippen LogP contribution in [0.3, 0.4) is 0 Å². The number of carbonyl (C=O) groups is 1. The highest BCUT2D eigenvalue weighted by Crippen LogP contribution is 2.34. The second kappa shape index (κ2) is 11.0. The molecule has 0 aliphatic carbocycles. The van der Waals surface area contributed by atoms with Crippen LogP contribution in [-0.2, 0) is 6.54 Å². The van der Waals surface area contributed by atoms with Gasteiger partial charge < -0.3 is 19.1 Å². The third-order valence-corrected chi connectivity index (χ3v) is 6.63. The molecule has 0 bridgehead atoms. The third kappa shape index (κ3) is 5.79. The molecule has 206 valence electrons. The van der Waals surface area contributed by atoms with Crippen LogP contribution in [0.4, 0.5) is 13.2 Å². The lowest BCUT2D eigenvalue weighted by atomic mass is 10.0. The van der Waals surface area contributed by atoms with Gasteiger partial charge in [0.2, 0.25) is 0 Å². The predicted molar refractivity (Wildman–Crippen MR) is 141 cm³/mol. The second-order valence-corrected chi connectivity index (χ2v) is 9.44. The summed E-state index contributed by atoms with van der Waals surface area (Å²) in [4.78, 5) is 13.6. The molecule has 1 atom stereocenters. The molecule has 40 heavy (non-hydrogen) atoms. The molecule has 0 amide bonds. The maximum atomic E-state index is 13.6. The van der Waals surface area contributed by atoms with Gasteiger partial charge in [-0.3, -0.25) is 15.1 Å². The molecule has 3 aromatic carbocycles. The quantitative estimate of drug-likeness (QED) is 0.189. The number of tetrazole rings is 1. The van der Waals surface area contributed by atoms with Crippen molar-refractivity contribution in [2.24, 2.45) is 0 Å². The lowest BCUT2D eigenvalue weighted by molar-refractivity contribution is -0.274. The number of aromatic nitrogens is 5. The summed E-state index contributed by atoms with van der Waals surface area (Å²) in [6, 6.07) is 17.7. The van der Waals surface area contributed by atoms with Crippen LogP contribution < -0.4 is 14.6 Å². The van der Waals surface area contributed by atoms with E-state index in [2.05, 4.69) is 25.4 Å². The van der Waals surface area contributed by atoms with Crippen LogP contribution in [0.1, 0.15) is 52.5 Å². The van der Waals surface area contributed by atoms with Crippen LogP contribution in [0.2, 0.25) is 5.02 Å². The Morgan fingerprint density at radius 2 is 1.85 bits per heavy atom. The fourth-order valence-electron chi connectivity index (χ4n) is 4.55. The molecule has 0 N–H and O–H groups in total. The van der Waals surface area contributed by atoms with Crippen LogP contribution >= 0.6 is 11.6 Å². The molecule has 0 aliphatic heterocycles. The number of halogens is 4. The summed E-state index contributed by atoms with van der Waals surface area (Å²) in [5.41, 5.74) is 2.57. The van der Waals surface area contributed by atoms with Crippen LogP contribution in [-0.4, -0.2) is 32.2 Å². The Morgan fingerprint density at radius 3 is 2.52 bits per heavy atom. The minimum atomic E-state index is -4.86. The van der Waals surface area contributed by atoms with Crippen molar-refractivity contribution in [3.05, 3.63) is 100.0 Å². The number of carbonyl (C=O) groups excluding carboxylic acids is 1. The smallest absolute Gasteiger partial charge is 0.485 e. The van der Waals surface area contributed by atoms with E-state index in [1.54, 1.807) is 47.9 Å². The summed E-state index contributed by atoms with van der Waals surface area (Å²) in [6.45, 7) is 3.92. The molecule has 0 spiro atoms. The zero-order valence-corrected chi connectivity index (χ0v) is 22.1. The molecule has 0 saturated heterocycles. The number of rotatable bonds is 9. The van der Waals surface area contributed by atoms with E-state index in [4.69, 9.17) is 16.3 Å². The fraction of sp³-hybridized carbons (Fsp3) is 0.214. The minimum absolute atomic E-state index is 0.246. The van der Waals surface area contributed by atoms with E-state index < -0.39 is 12.5 Å². The third-order valence-electron chi connectivity index (χ3n) is 6.37. The minimum Gasteiger partial charge on any atom is -0.485 e. The Balaban J connectivity index is 1.55. The van der Waals surface area contributed by atoms with Gasteiger partial charge in [-0.15, -0.1) is 13.2 Å². The van der Waals surface area contributed by atoms with Gasteiger partial charge in [-0.1, -0.05) is 30.7 Å². The van der Waals surface area contributed by atoms with Crippen molar-refractivity contribution in [3.63, 3.8) is 0 Å². The Bertz CT molecular complexity index is 1650. The summed E-state index contributed by atoms with van der Waals surface area (Å²) < 4.78 is 51.1. The normalized spacial score (nSPS) is 12.4. The number of fused-ring (bicyclic) bond motifs is 1. The van der Waals surface area contributed by atoms with Crippen molar-refractivity contribution in [2.45, 2.75) is 39.3 Å². The molecule has 2 aromatic heterocycles. The highest BCUT2D eigenvalue weighted by atomic mass is 35.5. The van der Waals surface area contributed by atoms with Crippen molar-refractivity contribution in [1.29, 1.82) is 0 Å². The standard InChI is InChI=1S/C28H22ClF3N5O3/c1-3-24(27-33-35-36-34-27)39-20-6-4-5-17(13-20)15-37-16(2)25(26(38)18-7-9-19(29)10-8-18)22-12-11-21(14-23(22)37)40-28(30,31)32/h4-14,24H,3,15H2,1-2H3/q-1. The molecule has 8 nitrogen and oxygen atoms in total. The maximum absolute atomic E-state index is 13.6. The SMILES string of the molecule is CCC(Oc1cccc(Cn2c(C)c(C(=O)c3ccc(Cl)cc3)c3ccc(OC(F)(F)F)cc32)c1)c1nnn[n-]1. The molecule has 0 radical (unpaired) electrons. The average Bonchev–Trinajstić information content (AvgIpc) is 3.54. The number of hydrogen-bond donors (Lipinski definition) is 0. The monoisotopic (exact) mass is 568 g/mol. The molecule has 1 unspecified atom stereocenters. The van der Waals surface area contributed by atoms with E-state index in [1.807, 2.05) is 19.1 Å². The lowest BCUT2D eigenvalue weighted by Crippen LogP contribution is -2.17. The summed E-state index contributed by atoms with van der Waals surface area (Å²) in [7, 11) is 0. The van der Waals surface area contributed by atoms with E-state index in [9.17, 15) is 18.0 Å². The van der Waals surface area contributed by atoms with E-state index in [1.165, 1.54) is 18.2 Å². The van der Waals surface area contributed by atoms with Gasteiger partial charge >= 0.3 is 6.36 Å². The number of ketones is 1. The van der Waals surface area contributed by atoms with Crippen LogP contribution in [0, 0.1) is 6.92 Å². The number of alkyl halides is 3. The topological polar surface area (TPSA) is 93.2 Å². The first-order valence-corrected chi connectivity index (χ1v) is 12.6. The molecule has 0 saturated carbocycles. The Labute approximate surface area is 231 Å². The van der Waals surface area contributed by atoms with Crippen molar-refractivity contribution in [2.75, 3.05) is 0 Å². The van der Waals surface area contributed by atoms with Gasteiger partial charge in [-0.2, -0.15) is 5.21 Å². The fourth-order valence-corrected chi connectivity index (χ4v) is 4.68. The van der Waals surface area contributed by atoms with E-state index in [0.717, 1.165) is 5.56 Å². The van der Waals surface area contributed by atoms with Gasteiger partial charge in [0, 0.05) is 34.3 Å². The van der Waals surface area contributed by atoms with Gasteiger partial charge in [0.15, 0.2) is 5.78 Å². The second-order valence-electron chi connectivity index (χ2n) is 9.01. The van der Waals surface area contributed by atoms with E-state index >= 15 is 0 Å². The highest BCUT2D eigenvalue weighted by Gasteiger charge is 2.32. The summed E-state index contributed by atoms with van der Waals surface area (Å²) >= 11 is 5.99. The van der Waals surface area contributed by atoms with Gasteiger partial charge in [0.1, 0.15) is 17.6 Å². The summed E-state index contributed by atoms with van der Waals surface area (Å²) in [5.74, 6) is 0.246. The molecule has 5 rings (SSSR count). The number of ether oxygens (including phenoxy) is 2. The van der Waals surface area contributed by atoms with Crippen LogP contribution in [0.25, 0.3) is 10.9 Å². The van der Waals surface area contributed by atoms with Gasteiger partial charge in [0.05, 0.1) is 16.9 Å². The Morgan fingerprint density at radius 1 is 1.07 bits per heavy atom. The summed E-state index contributed by atoms with van der Waals surface area (Å²) in [6.07, 6.45) is -4.73. The zero-order chi connectivity index (χ0) is 28.4. The zero-order valence-electron chi connectivity index (χ0n) is 21.3. The largest absolute Gasteiger partial charge is 0.573 e. The highest BCUT2D eigenvalue weighted by molar-refractivity contribution is 6.30. The molecule has 0 aliphatic rings. The van der Waals surface area contributed by atoms with Crippen molar-refractivity contribution < 1.29 is 27.4 Å². The molecule has 5 aromatic rings. The first-order valence-electron chi connectivity index (χ1n) is 12.3. The molecule has 12 heteroatoms. The van der Waals surface area contributed by atoms with Crippen LogP contribution in [0.15, 0.2) is 66.7 Å². The number of hydrogen-bond acceptors (Lipinski definition) is 6. The summed E-state index contributed by atoms with van der Waals surface area (Å²) in [5, 5.41) is 15.7. The first-order chi connectivity index (χ1) is 19.1. The Kier molecular flexibility index (Phi) is 7.49. The molecule has 0 fully saturated rings. The molecule has 2 heterocycles. The lowest BCUT2D eigenvalue weighted by Gasteiger charge is -2.18. The van der Waals surface area contributed by atoms with E-state index in [0.29, 0.717) is 50.7 Å². The molecular formula is C28H22ClF3N5O3-. The number of benzene rings is 3. The van der Waals surface area contributed by atoms with Gasteiger partial charge in [-0.25, -0.2) is 0 Å². The maximum Gasteiger partial charge on any atom is 0.573 e.